The maximum absolute atomic E-state index is 13.4. The lowest BCUT2D eigenvalue weighted by atomic mass is 9.38. The normalized spacial score (nSPS) is 45.3. The summed E-state index contributed by atoms with van der Waals surface area (Å²) in [5.41, 5.74) is 4.33. The Labute approximate surface area is 272 Å². The summed E-state index contributed by atoms with van der Waals surface area (Å²) in [4.78, 5) is 17.4. The number of aromatic amines is 1. The van der Waals surface area contributed by atoms with Crippen molar-refractivity contribution in [3.63, 3.8) is 0 Å². The lowest BCUT2D eigenvalue weighted by Gasteiger charge is -2.68. The summed E-state index contributed by atoms with van der Waals surface area (Å²) >= 11 is 0. The van der Waals surface area contributed by atoms with Crippen LogP contribution in [0.4, 0.5) is 0 Å². The Morgan fingerprint density at radius 2 is 1.67 bits per heavy atom. The van der Waals surface area contributed by atoms with E-state index in [1.807, 2.05) is 21.0 Å². The van der Waals surface area contributed by atoms with Gasteiger partial charge in [0.2, 0.25) is 0 Å². The minimum Gasteiger partial charge on any atom is -0.385 e. The van der Waals surface area contributed by atoms with Crippen molar-refractivity contribution >= 4 is 22.3 Å². The number of hydrogen-bond donors (Lipinski definition) is 2. The smallest absolute Gasteiger partial charge is 0.195 e. The highest BCUT2D eigenvalue weighted by molar-refractivity contribution is 5.97. The van der Waals surface area contributed by atoms with Gasteiger partial charge in [-0.25, -0.2) is 0 Å². The van der Waals surface area contributed by atoms with Crippen molar-refractivity contribution < 1.29 is 28.8 Å². The minimum absolute atomic E-state index is 0.0810. The number of ether oxygens (including phenoxy) is 4. The zero-order valence-corrected chi connectivity index (χ0v) is 29.1. The largest absolute Gasteiger partial charge is 0.385 e. The van der Waals surface area contributed by atoms with Crippen LogP contribution in [0.5, 0.6) is 0 Å². The van der Waals surface area contributed by atoms with Gasteiger partial charge in [-0.15, -0.1) is 0 Å². The molecule has 1 aromatic carbocycles. The molecule has 0 radical (unpaired) electrons. The van der Waals surface area contributed by atoms with E-state index in [-0.39, 0.29) is 34.4 Å². The lowest BCUT2D eigenvalue weighted by molar-refractivity contribution is -0.256. The number of hydrogen-bond acceptors (Lipinski definition) is 6. The molecule has 8 atom stereocenters. The number of aromatic nitrogens is 1. The first-order valence-corrected chi connectivity index (χ1v) is 17.3. The van der Waals surface area contributed by atoms with Gasteiger partial charge in [0.25, 0.3) is 0 Å². The molecule has 7 aliphatic rings. The molecule has 46 heavy (non-hydrogen) atoms. The summed E-state index contributed by atoms with van der Waals surface area (Å²) in [6.07, 6.45) is 6.92. The Kier molecular flexibility index (Phi) is 5.26. The molecule has 2 aromatic rings. The van der Waals surface area contributed by atoms with Gasteiger partial charge in [0, 0.05) is 52.4 Å². The van der Waals surface area contributed by atoms with E-state index in [1.54, 1.807) is 6.08 Å². The van der Waals surface area contributed by atoms with Gasteiger partial charge in [0.1, 0.15) is 5.60 Å². The van der Waals surface area contributed by atoms with Crippen molar-refractivity contribution in [1.82, 2.24) is 4.98 Å². The van der Waals surface area contributed by atoms with E-state index in [1.165, 1.54) is 33.3 Å². The first kappa shape index (κ1) is 29.8. The molecule has 7 heteroatoms. The van der Waals surface area contributed by atoms with Crippen LogP contribution in [0.3, 0.4) is 0 Å². The third-order valence-corrected chi connectivity index (χ3v) is 14.4. The zero-order chi connectivity index (χ0) is 32.8. The van der Waals surface area contributed by atoms with E-state index in [4.69, 9.17) is 18.9 Å². The van der Waals surface area contributed by atoms with Crippen LogP contribution in [-0.2, 0) is 35.6 Å². The summed E-state index contributed by atoms with van der Waals surface area (Å²) in [7, 11) is 1.82. The van der Waals surface area contributed by atoms with Crippen LogP contribution in [0, 0.1) is 16.7 Å². The minimum atomic E-state index is -1.25. The third-order valence-electron chi connectivity index (χ3n) is 14.4. The second kappa shape index (κ2) is 8.11. The lowest BCUT2D eigenvalue weighted by Crippen LogP contribution is -2.71. The monoisotopic (exact) mass is 627 g/mol. The van der Waals surface area contributed by atoms with E-state index in [0.29, 0.717) is 18.4 Å². The van der Waals surface area contributed by atoms with Crippen LogP contribution < -0.4 is 0 Å². The molecule has 7 nitrogen and oxygen atoms in total. The molecule has 2 N–H and O–H groups in total. The molecule has 0 amide bonds. The van der Waals surface area contributed by atoms with E-state index in [2.05, 4.69) is 71.7 Å². The number of carbonyl (C=O) groups excluding carboxylic acids is 1. The van der Waals surface area contributed by atoms with Crippen molar-refractivity contribution in [3.8, 4) is 0 Å². The van der Waals surface area contributed by atoms with Crippen LogP contribution in [0.15, 0.2) is 29.9 Å². The number of carbonyl (C=O) groups is 1. The van der Waals surface area contributed by atoms with Crippen LogP contribution >= 0.6 is 0 Å². The fourth-order valence-corrected chi connectivity index (χ4v) is 12.2. The molecule has 2 saturated carbocycles. The van der Waals surface area contributed by atoms with Gasteiger partial charge in [-0.3, -0.25) is 4.79 Å². The first-order chi connectivity index (χ1) is 21.3. The number of nitrogens with one attached hydrogen (secondary N) is 1. The van der Waals surface area contributed by atoms with Crippen LogP contribution in [0.25, 0.3) is 16.5 Å². The van der Waals surface area contributed by atoms with E-state index in [9.17, 15) is 9.90 Å². The summed E-state index contributed by atoms with van der Waals surface area (Å²) in [6.45, 7) is 19.6. The molecule has 3 aliphatic heterocycles. The van der Waals surface area contributed by atoms with Crippen molar-refractivity contribution in [2.45, 2.75) is 140 Å². The van der Waals surface area contributed by atoms with Crippen molar-refractivity contribution in [3.05, 3.63) is 52.2 Å². The number of H-pyrrole nitrogens is 1. The summed E-state index contributed by atoms with van der Waals surface area (Å²) in [5, 5.41) is 14.3. The average Bonchev–Trinajstić information content (AvgIpc) is 3.60. The van der Waals surface area contributed by atoms with Crippen LogP contribution in [0.1, 0.15) is 116 Å². The SMILES string of the molecule is CO[C@@H]1c2cc3c4c([nH]c3cc2C2=CC(C)(C)OC(C)(C)[C@H]21)[C@@]1(C)[C@@](C)(CC[C@@]2(O)C3=CC(=O)[C@@H]5O[C@@]3(CC[C@]12C)OC5(C)C)C4. The van der Waals surface area contributed by atoms with Gasteiger partial charge in [-0.1, -0.05) is 20.8 Å². The Bertz CT molecular complexity index is 1850. The Balaban J connectivity index is 1.22. The molecule has 3 fully saturated rings. The zero-order valence-electron chi connectivity index (χ0n) is 29.1. The quantitative estimate of drug-likeness (QED) is 0.354. The summed E-state index contributed by atoms with van der Waals surface area (Å²) < 4.78 is 25.9. The Morgan fingerprint density at radius 3 is 2.39 bits per heavy atom. The fourth-order valence-electron chi connectivity index (χ4n) is 12.2. The average molecular weight is 628 g/mol. The standard InChI is InChI=1S/C39H49NO6/c1-32(2)18-23-20-16-25-21(15-22(20)29(43-10)28(23)33(3,4)45-32)24-19-35(7)11-13-38(42)27-17-26(41)31-34(5,6)46-39(27,44-31)14-12-36(38,8)37(35,9)30(24)40-25/h15-18,28-29,31,40,42H,11-14,19H2,1-10H3/t28-,29-,31+,35+,36-,37+,38-,39+/m1/s1. The van der Waals surface area contributed by atoms with Crippen LogP contribution in [0.2, 0.25) is 0 Å². The molecule has 4 aliphatic carbocycles. The highest BCUT2D eigenvalue weighted by atomic mass is 16.8. The van der Waals surface area contributed by atoms with Gasteiger partial charge < -0.3 is 29.0 Å². The molecule has 2 bridgehead atoms. The van der Waals surface area contributed by atoms with Gasteiger partial charge in [0.05, 0.1) is 22.9 Å². The van der Waals surface area contributed by atoms with E-state index >= 15 is 0 Å². The molecule has 4 heterocycles. The number of ketones is 1. The summed E-state index contributed by atoms with van der Waals surface area (Å²) in [5.74, 6) is -1.04. The second-order valence-electron chi connectivity index (χ2n) is 18.0. The molecule has 1 saturated heterocycles. The van der Waals surface area contributed by atoms with Crippen molar-refractivity contribution in [1.29, 1.82) is 0 Å². The van der Waals surface area contributed by atoms with Crippen molar-refractivity contribution in [2.24, 2.45) is 16.7 Å². The predicted octanol–water partition coefficient (Wildman–Crippen LogP) is 7.00. The van der Waals surface area contributed by atoms with E-state index in [0.717, 1.165) is 24.8 Å². The van der Waals surface area contributed by atoms with Gasteiger partial charge in [-0.05, 0) is 119 Å². The second-order valence-corrected chi connectivity index (χ2v) is 18.0. The Morgan fingerprint density at radius 1 is 0.935 bits per heavy atom. The molecule has 1 spiro atoms. The fraction of sp³-hybridized carbons (Fsp3) is 0.667. The first-order valence-electron chi connectivity index (χ1n) is 17.3. The maximum atomic E-state index is 13.4. The number of aliphatic hydroxyl groups is 1. The Hall–Kier alpha value is -2.29. The summed E-state index contributed by atoms with van der Waals surface area (Å²) in [6, 6.07) is 4.73. The van der Waals surface area contributed by atoms with Gasteiger partial charge >= 0.3 is 0 Å². The molecule has 9 rings (SSSR count). The molecular formula is C39H49NO6. The maximum Gasteiger partial charge on any atom is 0.195 e. The predicted molar refractivity (Wildman–Crippen MR) is 175 cm³/mol. The van der Waals surface area contributed by atoms with Gasteiger partial charge in [-0.2, -0.15) is 0 Å². The molecular weight excluding hydrogens is 578 g/mol. The molecule has 246 valence electrons. The highest BCUT2D eigenvalue weighted by Gasteiger charge is 2.77. The number of fused-ring (bicyclic) bond motifs is 12. The molecule has 1 aromatic heterocycles. The number of methoxy groups -OCH3 is 1. The van der Waals surface area contributed by atoms with Crippen LogP contribution in [-0.4, -0.2) is 57.3 Å². The highest BCUT2D eigenvalue weighted by Crippen LogP contribution is 2.75. The van der Waals surface area contributed by atoms with Gasteiger partial charge in [0.15, 0.2) is 17.7 Å². The number of rotatable bonds is 1. The number of benzene rings is 1. The van der Waals surface area contributed by atoms with Crippen molar-refractivity contribution in [2.75, 3.05) is 7.11 Å². The topological polar surface area (TPSA) is 90.0 Å². The molecule has 0 unspecified atom stereocenters. The third kappa shape index (κ3) is 3.08. The van der Waals surface area contributed by atoms with E-state index < -0.39 is 33.9 Å².